The van der Waals surface area contributed by atoms with E-state index in [2.05, 4.69) is 6.92 Å². The fourth-order valence-corrected chi connectivity index (χ4v) is 1.32. The smallest absolute Gasteiger partial charge is 0.0409 e. The summed E-state index contributed by atoms with van der Waals surface area (Å²) in [6.07, 6.45) is 1.02. The summed E-state index contributed by atoms with van der Waals surface area (Å²) in [7, 11) is 0. The van der Waals surface area contributed by atoms with Gasteiger partial charge in [0.25, 0.3) is 0 Å². The lowest BCUT2D eigenvalue weighted by Gasteiger charge is -2.04. The summed E-state index contributed by atoms with van der Waals surface area (Å²) in [5.41, 5.74) is 7.98. The molecule has 0 aromatic heterocycles. The molecule has 0 fully saturated rings. The van der Waals surface area contributed by atoms with E-state index in [-0.39, 0.29) is 0 Å². The summed E-state index contributed by atoms with van der Waals surface area (Å²) in [5, 5.41) is 0.766. The molecule has 1 aromatic carbocycles. The predicted octanol–water partition coefficient (Wildman–Crippen LogP) is 2.36. The Balaban J connectivity index is 3.06. The highest BCUT2D eigenvalue weighted by Gasteiger charge is 1.98. The molecule has 0 spiro atoms. The van der Waals surface area contributed by atoms with Crippen LogP contribution in [0, 0.1) is 0 Å². The van der Waals surface area contributed by atoms with E-state index in [0.29, 0.717) is 6.54 Å². The van der Waals surface area contributed by atoms with Gasteiger partial charge in [-0.25, -0.2) is 0 Å². The van der Waals surface area contributed by atoms with Crippen molar-refractivity contribution in [3.8, 4) is 0 Å². The van der Waals surface area contributed by atoms with Crippen molar-refractivity contribution in [2.75, 3.05) is 0 Å². The second kappa shape index (κ2) is 3.74. The van der Waals surface area contributed by atoms with E-state index in [1.165, 1.54) is 5.56 Å². The Hall–Kier alpha value is -0.530. The zero-order valence-electron chi connectivity index (χ0n) is 6.60. The summed E-state index contributed by atoms with van der Waals surface area (Å²) >= 11 is 5.80. The van der Waals surface area contributed by atoms with Crippen LogP contribution >= 0.6 is 11.6 Å². The number of halogens is 1. The fraction of sp³-hybridized carbons (Fsp3) is 0.333. The zero-order chi connectivity index (χ0) is 8.27. The van der Waals surface area contributed by atoms with Crippen molar-refractivity contribution < 1.29 is 0 Å². The summed E-state index contributed by atoms with van der Waals surface area (Å²) in [6, 6.07) is 5.87. The van der Waals surface area contributed by atoms with Crippen LogP contribution in [0.2, 0.25) is 5.02 Å². The third-order valence-corrected chi connectivity index (χ3v) is 2.00. The van der Waals surface area contributed by atoms with Crippen LogP contribution < -0.4 is 5.73 Å². The lowest BCUT2D eigenvalue weighted by Crippen LogP contribution is -2.00. The highest BCUT2D eigenvalue weighted by Crippen LogP contribution is 2.15. The highest BCUT2D eigenvalue weighted by atomic mass is 35.5. The standard InChI is InChI=1S/C9H12ClN/c1-2-7-3-4-9(10)5-8(7)6-11/h3-5H,2,6,11H2,1H3. The van der Waals surface area contributed by atoms with Gasteiger partial charge >= 0.3 is 0 Å². The Kier molecular flexibility index (Phi) is 2.92. The molecule has 0 atom stereocenters. The Morgan fingerprint density at radius 2 is 2.09 bits per heavy atom. The number of hydrogen-bond acceptors (Lipinski definition) is 1. The first kappa shape index (κ1) is 8.57. The van der Waals surface area contributed by atoms with E-state index < -0.39 is 0 Å². The molecule has 0 unspecified atom stereocenters. The predicted molar refractivity (Wildman–Crippen MR) is 48.7 cm³/mol. The van der Waals surface area contributed by atoms with E-state index in [1.807, 2.05) is 18.2 Å². The average Bonchev–Trinajstić information content (AvgIpc) is 2.04. The van der Waals surface area contributed by atoms with Crippen LogP contribution in [-0.4, -0.2) is 0 Å². The van der Waals surface area contributed by atoms with Gasteiger partial charge < -0.3 is 5.73 Å². The minimum Gasteiger partial charge on any atom is -0.326 e. The topological polar surface area (TPSA) is 26.0 Å². The molecule has 0 bridgehead atoms. The van der Waals surface area contributed by atoms with Gasteiger partial charge in [-0.3, -0.25) is 0 Å². The van der Waals surface area contributed by atoms with Gasteiger partial charge in [-0.1, -0.05) is 24.6 Å². The van der Waals surface area contributed by atoms with E-state index in [1.54, 1.807) is 0 Å². The second-order valence-electron chi connectivity index (χ2n) is 2.47. The summed E-state index contributed by atoms with van der Waals surface area (Å²) in [5.74, 6) is 0. The SMILES string of the molecule is CCc1ccc(Cl)cc1CN. The monoisotopic (exact) mass is 169 g/mol. The molecule has 0 saturated carbocycles. The van der Waals surface area contributed by atoms with Gasteiger partial charge in [-0.15, -0.1) is 0 Å². The number of benzene rings is 1. The minimum absolute atomic E-state index is 0.573. The van der Waals surface area contributed by atoms with Crippen LogP contribution in [-0.2, 0) is 13.0 Å². The molecule has 60 valence electrons. The van der Waals surface area contributed by atoms with Crippen molar-refractivity contribution in [1.82, 2.24) is 0 Å². The van der Waals surface area contributed by atoms with Crippen LogP contribution in [0.5, 0.6) is 0 Å². The molecule has 11 heavy (non-hydrogen) atoms. The molecule has 0 aliphatic rings. The number of hydrogen-bond donors (Lipinski definition) is 1. The highest BCUT2D eigenvalue weighted by molar-refractivity contribution is 6.30. The van der Waals surface area contributed by atoms with Gasteiger partial charge in [0.2, 0.25) is 0 Å². The summed E-state index contributed by atoms with van der Waals surface area (Å²) in [6.45, 7) is 2.69. The summed E-state index contributed by atoms with van der Waals surface area (Å²) < 4.78 is 0. The van der Waals surface area contributed by atoms with Gasteiger partial charge in [0, 0.05) is 11.6 Å². The van der Waals surface area contributed by atoms with E-state index in [4.69, 9.17) is 17.3 Å². The lowest BCUT2D eigenvalue weighted by atomic mass is 10.1. The largest absolute Gasteiger partial charge is 0.326 e. The average molecular weight is 170 g/mol. The van der Waals surface area contributed by atoms with Crippen LogP contribution in [0.4, 0.5) is 0 Å². The van der Waals surface area contributed by atoms with Crippen molar-refractivity contribution >= 4 is 11.6 Å². The maximum atomic E-state index is 5.80. The van der Waals surface area contributed by atoms with Gasteiger partial charge in [0.1, 0.15) is 0 Å². The Labute approximate surface area is 72.2 Å². The molecule has 0 aliphatic carbocycles. The summed E-state index contributed by atoms with van der Waals surface area (Å²) in [4.78, 5) is 0. The first-order valence-electron chi connectivity index (χ1n) is 3.75. The van der Waals surface area contributed by atoms with Crippen molar-refractivity contribution in [3.63, 3.8) is 0 Å². The number of nitrogens with two attached hydrogens (primary N) is 1. The van der Waals surface area contributed by atoms with E-state index in [9.17, 15) is 0 Å². The van der Waals surface area contributed by atoms with Gasteiger partial charge in [0.05, 0.1) is 0 Å². The number of rotatable bonds is 2. The van der Waals surface area contributed by atoms with Gasteiger partial charge in [-0.05, 0) is 29.7 Å². The molecule has 0 amide bonds. The van der Waals surface area contributed by atoms with Crippen molar-refractivity contribution in [2.24, 2.45) is 5.73 Å². The third kappa shape index (κ3) is 1.95. The maximum absolute atomic E-state index is 5.80. The van der Waals surface area contributed by atoms with Crippen molar-refractivity contribution in [2.45, 2.75) is 19.9 Å². The molecule has 2 heteroatoms. The molecule has 1 aromatic rings. The Morgan fingerprint density at radius 1 is 1.36 bits per heavy atom. The first-order valence-corrected chi connectivity index (χ1v) is 4.13. The zero-order valence-corrected chi connectivity index (χ0v) is 7.36. The normalized spacial score (nSPS) is 10.1. The van der Waals surface area contributed by atoms with Crippen LogP contribution in [0.25, 0.3) is 0 Å². The molecule has 1 nitrogen and oxygen atoms in total. The first-order chi connectivity index (χ1) is 5.27. The van der Waals surface area contributed by atoms with Crippen LogP contribution in [0.3, 0.4) is 0 Å². The molecule has 0 radical (unpaired) electrons. The van der Waals surface area contributed by atoms with Crippen molar-refractivity contribution in [1.29, 1.82) is 0 Å². The van der Waals surface area contributed by atoms with Gasteiger partial charge in [-0.2, -0.15) is 0 Å². The molecular weight excluding hydrogens is 158 g/mol. The molecule has 2 N–H and O–H groups in total. The Bertz CT molecular complexity index is 245. The van der Waals surface area contributed by atoms with E-state index >= 15 is 0 Å². The maximum Gasteiger partial charge on any atom is 0.0409 e. The van der Waals surface area contributed by atoms with Gasteiger partial charge in [0.15, 0.2) is 0 Å². The molecular formula is C9H12ClN. The minimum atomic E-state index is 0.573. The third-order valence-electron chi connectivity index (χ3n) is 1.77. The Morgan fingerprint density at radius 3 is 2.64 bits per heavy atom. The number of aryl methyl sites for hydroxylation is 1. The quantitative estimate of drug-likeness (QED) is 0.723. The lowest BCUT2D eigenvalue weighted by molar-refractivity contribution is 1.00. The second-order valence-corrected chi connectivity index (χ2v) is 2.91. The molecule has 0 aliphatic heterocycles. The van der Waals surface area contributed by atoms with Crippen LogP contribution in [0.15, 0.2) is 18.2 Å². The van der Waals surface area contributed by atoms with Crippen molar-refractivity contribution in [3.05, 3.63) is 34.3 Å². The molecule has 0 heterocycles. The molecule has 0 saturated heterocycles. The fourth-order valence-electron chi connectivity index (χ4n) is 1.13. The van der Waals surface area contributed by atoms with E-state index in [0.717, 1.165) is 17.0 Å². The van der Waals surface area contributed by atoms with Crippen LogP contribution in [0.1, 0.15) is 18.1 Å². The molecule has 1 rings (SSSR count).